The number of halogens is 10. The van der Waals surface area contributed by atoms with Crippen molar-refractivity contribution in [2.24, 2.45) is 5.92 Å². The topological polar surface area (TPSA) is 158 Å². The van der Waals surface area contributed by atoms with Crippen molar-refractivity contribution in [1.29, 1.82) is 0 Å². The number of carbonyl (C=O) groups excluding carboxylic acids is 1. The molecular formula is C42H37ClF8IN7O5S2. The summed E-state index contributed by atoms with van der Waals surface area (Å²) in [6.07, 6.45) is -4.84. The summed E-state index contributed by atoms with van der Waals surface area (Å²) in [4.78, 5) is 19.0. The summed E-state index contributed by atoms with van der Waals surface area (Å²) in [6, 6.07) is 5.02. The van der Waals surface area contributed by atoms with Gasteiger partial charge in [0.1, 0.15) is 46.6 Å². The third-order valence-corrected chi connectivity index (χ3v) is 16.4. The second-order valence-electron chi connectivity index (χ2n) is 17.0. The van der Waals surface area contributed by atoms with Crippen LogP contribution in [0.4, 0.5) is 40.9 Å². The number of benzene rings is 2. The molecule has 12 nitrogen and oxygen atoms in total. The van der Waals surface area contributed by atoms with E-state index in [1.807, 2.05) is 22.6 Å². The van der Waals surface area contributed by atoms with Crippen molar-refractivity contribution in [3.8, 4) is 23.0 Å². The molecule has 3 aliphatic carbocycles. The maximum atomic E-state index is 15.8. The van der Waals surface area contributed by atoms with E-state index in [0.29, 0.717) is 23.6 Å². The maximum absolute atomic E-state index is 15.8. The van der Waals surface area contributed by atoms with E-state index in [4.69, 9.17) is 16.6 Å². The van der Waals surface area contributed by atoms with Gasteiger partial charge in [0.05, 0.1) is 39.2 Å². The largest absolute Gasteiger partial charge is 0.346 e. The molecule has 24 heteroatoms. The number of aromatic nitrogens is 5. The Morgan fingerprint density at radius 1 is 0.970 bits per heavy atom. The van der Waals surface area contributed by atoms with Crippen molar-refractivity contribution in [3.63, 3.8) is 0 Å². The molecule has 0 spiro atoms. The average molecular weight is 1100 g/mol. The van der Waals surface area contributed by atoms with E-state index in [0.717, 1.165) is 23.1 Å². The fraction of sp³-hybridized carbons (Fsp3) is 0.429. The van der Waals surface area contributed by atoms with Gasteiger partial charge in [-0.05, 0) is 110 Å². The number of rotatable bonds is 14. The summed E-state index contributed by atoms with van der Waals surface area (Å²) in [5.74, 6) is -3.76. The Kier molecular flexibility index (Phi) is 12.5. The molecular weight excluding hydrogens is 1060 g/mol. The molecule has 1 unspecified atom stereocenters. The van der Waals surface area contributed by atoms with Gasteiger partial charge in [-0.1, -0.05) is 23.6 Å². The van der Waals surface area contributed by atoms with Gasteiger partial charge in [0.2, 0.25) is 15.9 Å². The van der Waals surface area contributed by atoms with E-state index in [2.05, 4.69) is 32.1 Å². The molecule has 3 aromatic heterocycles. The summed E-state index contributed by atoms with van der Waals surface area (Å²) >= 11 is 8.43. The fourth-order valence-electron chi connectivity index (χ4n) is 8.65. The summed E-state index contributed by atoms with van der Waals surface area (Å²) in [5.41, 5.74) is -2.54. The molecule has 2 aromatic carbocycles. The number of nitrogens with one attached hydrogen (secondary N) is 2. The van der Waals surface area contributed by atoms with Crippen molar-refractivity contribution < 1.29 is 56.8 Å². The van der Waals surface area contributed by atoms with E-state index < -0.39 is 121 Å². The number of anilines is 1. The van der Waals surface area contributed by atoms with Crippen LogP contribution in [0.15, 0.2) is 36.4 Å². The predicted molar refractivity (Wildman–Crippen MR) is 236 cm³/mol. The van der Waals surface area contributed by atoms with Crippen LogP contribution in [0.2, 0.25) is 5.02 Å². The van der Waals surface area contributed by atoms with E-state index in [-0.39, 0.29) is 66.0 Å². The summed E-state index contributed by atoms with van der Waals surface area (Å²) in [5, 5.41) is 9.64. The number of alkyl halides is 6. The quantitative estimate of drug-likeness (QED) is 0.0635. The highest BCUT2D eigenvalue weighted by Gasteiger charge is 2.62. The Bertz CT molecular complexity index is 3100. The van der Waals surface area contributed by atoms with Crippen LogP contribution >= 0.6 is 34.2 Å². The molecule has 1 amide bonds. The van der Waals surface area contributed by atoms with Crippen LogP contribution < -0.4 is 10.0 Å². The Hall–Kier alpha value is -4.54. The van der Waals surface area contributed by atoms with E-state index in [1.54, 1.807) is 0 Å². The summed E-state index contributed by atoms with van der Waals surface area (Å²) in [7, 11) is -7.86. The van der Waals surface area contributed by atoms with Crippen molar-refractivity contribution in [1.82, 2.24) is 29.9 Å². The number of sulfonamides is 1. The van der Waals surface area contributed by atoms with Crippen LogP contribution in [0.25, 0.3) is 22.0 Å². The van der Waals surface area contributed by atoms with Crippen LogP contribution in [-0.4, -0.2) is 70.0 Å². The minimum atomic E-state index is -4.09. The van der Waals surface area contributed by atoms with Gasteiger partial charge >= 0.3 is 0 Å². The first-order valence-electron chi connectivity index (χ1n) is 20.2. The molecule has 0 radical (unpaired) electrons. The highest BCUT2D eigenvalue weighted by molar-refractivity contribution is 14.1. The van der Waals surface area contributed by atoms with Gasteiger partial charge in [-0.3, -0.25) is 18.9 Å². The molecule has 2 N–H and O–H groups in total. The second kappa shape index (κ2) is 17.2. The Morgan fingerprint density at radius 2 is 1.65 bits per heavy atom. The number of sulfone groups is 1. The van der Waals surface area contributed by atoms with Crippen LogP contribution in [0.3, 0.4) is 0 Å². The molecule has 0 bridgehead atoms. The normalized spacial score (nSPS) is 18.5. The lowest BCUT2D eigenvalue weighted by Gasteiger charge is -2.34. The fourth-order valence-corrected chi connectivity index (χ4v) is 11.7. The minimum Gasteiger partial charge on any atom is -0.346 e. The molecule has 3 aliphatic rings. The smallest absolute Gasteiger partial charge is 0.293 e. The first-order valence-corrected chi connectivity index (χ1v) is 25.1. The molecule has 352 valence electrons. The lowest BCUT2D eigenvalue weighted by atomic mass is 9.73. The zero-order valence-corrected chi connectivity index (χ0v) is 39.3. The number of amides is 1. The Balaban J connectivity index is 1.34. The van der Waals surface area contributed by atoms with Crippen LogP contribution in [0.1, 0.15) is 91.8 Å². The minimum absolute atomic E-state index is 0.00283. The average Bonchev–Trinajstić information content (AvgIpc) is 3.86. The van der Waals surface area contributed by atoms with Crippen LogP contribution in [0.5, 0.6) is 0 Å². The zero-order valence-electron chi connectivity index (χ0n) is 34.8. The maximum Gasteiger partial charge on any atom is 0.293 e. The second-order valence-corrected chi connectivity index (χ2v) is 23.1. The molecule has 0 aliphatic heterocycles. The number of hydrogen-bond donors (Lipinski definition) is 2. The van der Waals surface area contributed by atoms with Gasteiger partial charge < -0.3 is 5.32 Å². The predicted octanol–water partition coefficient (Wildman–Crippen LogP) is 8.81. The molecule has 5 aromatic rings. The first-order chi connectivity index (χ1) is 30.8. The summed E-state index contributed by atoms with van der Waals surface area (Å²) in [6.45, 7) is 0.695. The van der Waals surface area contributed by atoms with Crippen molar-refractivity contribution in [3.05, 3.63) is 90.5 Å². The van der Waals surface area contributed by atoms with Gasteiger partial charge in [-0.15, -0.1) is 0 Å². The van der Waals surface area contributed by atoms with E-state index in [1.165, 1.54) is 32.0 Å². The van der Waals surface area contributed by atoms with Gasteiger partial charge in [-0.2, -0.15) is 19.0 Å². The van der Waals surface area contributed by atoms with Gasteiger partial charge in [0.25, 0.3) is 18.8 Å². The lowest BCUT2D eigenvalue weighted by Crippen LogP contribution is -2.36. The van der Waals surface area contributed by atoms with Crippen molar-refractivity contribution in [2.75, 3.05) is 11.0 Å². The standard InChI is InChI=1S/C42H37ClF8IN7O5S2/c1-41(2,66(63,64)22-4-5-22)11-10-29-28(52)16-25(23-7-9-27(43)34-37(23)58(17-31(46)47)56-40(34)57-65(3,61)62)35(54-29)30(14-19-12-20(44)15-21(45)13-19)53-32(60)18-59-38-33(36(55-59)39(48)49)24-6-8-26(24)42(38,50)51/h7,9,12-13,15-16,22,24,26,30-31,39H,4-6,8,14,17-18H2,1-3H3,(H,53,60)(H,56,57)/t24-,26?,30-/m0/s1. The molecule has 3 atom stereocenters. The molecule has 8 rings (SSSR count). The van der Waals surface area contributed by atoms with E-state index >= 15 is 8.78 Å². The van der Waals surface area contributed by atoms with Crippen molar-refractivity contribution in [2.45, 2.75) is 99.8 Å². The Labute approximate surface area is 391 Å². The Morgan fingerprint density at radius 3 is 2.24 bits per heavy atom. The van der Waals surface area contributed by atoms with Crippen LogP contribution in [0, 0.1) is 33.0 Å². The number of pyridine rings is 1. The van der Waals surface area contributed by atoms with Crippen LogP contribution in [-0.2, 0) is 50.1 Å². The number of fused-ring (bicyclic) bond motifs is 4. The molecule has 3 heterocycles. The zero-order chi connectivity index (χ0) is 48.0. The number of hydrogen-bond acceptors (Lipinski definition) is 8. The summed E-state index contributed by atoms with van der Waals surface area (Å²) < 4.78 is 172. The third kappa shape index (κ3) is 8.98. The highest BCUT2D eigenvalue weighted by Crippen LogP contribution is 2.63. The molecule has 0 saturated heterocycles. The van der Waals surface area contributed by atoms with Gasteiger partial charge in [0.15, 0.2) is 15.7 Å². The number of nitrogens with zero attached hydrogens (tertiary/aromatic N) is 5. The lowest BCUT2D eigenvalue weighted by molar-refractivity contribution is -0.123. The molecule has 2 saturated carbocycles. The van der Waals surface area contributed by atoms with E-state index in [9.17, 15) is 48.0 Å². The van der Waals surface area contributed by atoms with Gasteiger partial charge in [0, 0.05) is 32.2 Å². The van der Waals surface area contributed by atoms with Gasteiger partial charge in [-0.25, -0.2) is 48.2 Å². The molecule has 66 heavy (non-hydrogen) atoms. The SMILES string of the molecule is CC(C)(C#Cc1nc([C@H](Cc2cc(F)cc(F)c2)NC(=O)Cn2nc(C(F)F)c3c2C(F)(F)C2CC[C@H]32)c(-c2ccc(Cl)c3c(NS(C)(=O)=O)nn(CC(F)F)c23)cc1I)S(=O)(=O)C1CC1. The number of carbonyl (C=O) groups is 1. The third-order valence-electron chi connectivity index (χ3n) is 11.9. The highest BCUT2D eigenvalue weighted by atomic mass is 127. The van der Waals surface area contributed by atoms with Crippen molar-refractivity contribution >= 4 is 76.7 Å². The molecule has 2 fully saturated rings. The monoisotopic (exact) mass is 1100 g/mol. The first kappa shape index (κ1) is 47.9.